The lowest BCUT2D eigenvalue weighted by atomic mass is 9.55. The lowest BCUT2D eigenvalue weighted by Crippen LogP contribution is -2.43. The van der Waals surface area contributed by atoms with Crippen molar-refractivity contribution in [3.8, 4) is 0 Å². The second-order valence-corrected chi connectivity index (χ2v) is 8.59. The lowest BCUT2D eigenvalue weighted by molar-refractivity contribution is 0.119. The molecule has 1 saturated carbocycles. The third-order valence-electron chi connectivity index (χ3n) is 4.72. The van der Waals surface area contributed by atoms with Crippen LogP contribution in [0.1, 0.15) is 72.3 Å². The van der Waals surface area contributed by atoms with Crippen LogP contribution in [0.3, 0.4) is 0 Å². The van der Waals surface area contributed by atoms with Crippen molar-refractivity contribution < 1.29 is 0 Å². The molecule has 1 unspecified atom stereocenters. The van der Waals surface area contributed by atoms with Gasteiger partial charge in [0.05, 0.1) is 0 Å². The number of hydrogen-bond acceptors (Lipinski definition) is 1. The van der Waals surface area contributed by atoms with Gasteiger partial charge in [0.2, 0.25) is 0 Å². The average molecular weight is 338 g/mol. The van der Waals surface area contributed by atoms with Crippen LogP contribution < -0.4 is 5.73 Å². The number of halogens is 1. The Bertz CT molecular complexity index is 429. The second-order valence-electron chi connectivity index (χ2n) is 8.15. The standard InChI is InChI=1S/C17H26ClN.C4H10/c1-13(2)12-15(8-11-19)17(9-3-10-17)14-4-6-16(18)7-5-14;1-4(2)3/h4-7,13,15H,3,8-12,19H2,1-2H3;4H,1-3H3. The van der Waals surface area contributed by atoms with Crippen molar-refractivity contribution in [2.24, 2.45) is 23.5 Å². The van der Waals surface area contributed by atoms with E-state index in [0.717, 1.165) is 29.8 Å². The third-order valence-corrected chi connectivity index (χ3v) is 4.97. The smallest absolute Gasteiger partial charge is 0.0406 e. The van der Waals surface area contributed by atoms with E-state index in [0.29, 0.717) is 11.3 Å². The van der Waals surface area contributed by atoms with Gasteiger partial charge in [-0.3, -0.25) is 0 Å². The summed E-state index contributed by atoms with van der Waals surface area (Å²) in [6.45, 7) is 11.9. The van der Waals surface area contributed by atoms with Crippen LogP contribution in [0, 0.1) is 17.8 Å². The van der Waals surface area contributed by atoms with Crippen LogP contribution in [0.2, 0.25) is 5.02 Å². The van der Waals surface area contributed by atoms with Crippen molar-refractivity contribution >= 4 is 11.6 Å². The van der Waals surface area contributed by atoms with Gasteiger partial charge in [0.15, 0.2) is 0 Å². The Kier molecular flexibility index (Phi) is 8.64. The molecule has 0 aliphatic heterocycles. The first-order valence-corrected chi connectivity index (χ1v) is 9.65. The Balaban J connectivity index is 0.000000593. The molecular formula is C21H36ClN. The zero-order chi connectivity index (χ0) is 17.5. The van der Waals surface area contributed by atoms with Crippen LogP contribution in [0.25, 0.3) is 0 Å². The molecule has 23 heavy (non-hydrogen) atoms. The second kappa shape index (κ2) is 9.69. The summed E-state index contributed by atoms with van der Waals surface area (Å²) in [7, 11) is 0. The zero-order valence-corrected chi connectivity index (χ0v) is 16.5. The zero-order valence-electron chi connectivity index (χ0n) is 15.7. The van der Waals surface area contributed by atoms with Gasteiger partial charge < -0.3 is 5.73 Å². The van der Waals surface area contributed by atoms with Crippen LogP contribution in [0.5, 0.6) is 0 Å². The van der Waals surface area contributed by atoms with E-state index in [1.54, 1.807) is 0 Å². The van der Waals surface area contributed by atoms with Gasteiger partial charge in [0.1, 0.15) is 0 Å². The van der Waals surface area contributed by atoms with Crippen LogP contribution >= 0.6 is 11.6 Å². The molecule has 0 bridgehead atoms. The maximum Gasteiger partial charge on any atom is 0.0406 e. The van der Waals surface area contributed by atoms with Gasteiger partial charge in [-0.1, -0.05) is 64.8 Å². The van der Waals surface area contributed by atoms with Crippen molar-refractivity contribution in [3.05, 3.63) is 34.9 Å². The summed E-state index contributed by atoms with van der Waals surface area (Å²) in [5, 5.41) is 0.831. The molecule has 2 N–H and O–H groups in total. The Labute approximate surface area is 149 Å². The van der Waals surface area contributed by atoms with E-state index in [4.69, 9.17) is 17.3 Å². The molecule has 0 aromatic heterocycles. The van der Waals surface area contributed by atoms with Crippen molar-refractivity contribution in [3.63, 3.8) is 0 Å². The molecule has 1 aromatic carbocycles. The van der Waals surface area contributed by atoms with E-state index in [2.05, 4.69) is 46.8 Å². The SMILES string of the molecule is CC(C)C.CC(C)CC(CCN)C1(c2ccc(Cl)cc2)CCC1. The van der Waals surface area contributed by atoms with Crippen LogP contribution in [-0.2, 0) is 5.41 Å². The monoisotopic (exact) mass is 337 g/mol. The summed E-state index contributed by atoms with van der Waals surface area (Å²) >= 11 is 6.03. The highest BCUT2D eigenvalue weighted by atomic mass is 35.5. The summed E-state index contributed by atoms with van der Waals surface area (Å²) in [5.74, 6) is 2.29. The van der Waals surface area contributed by atoms with Crippen LogP contribution in [-0.4, -0.2) is 6.54 Å². The minimum Gasteiger partial charge on any atom is -0.330 e. The molecule has 1 aliphatic rings. The topological polar surface area (TPSA) is 26.0 Å². The highest BCUT2D eigenvalue weighted by Crippen LogP contribution is 2.52. The molecule has 2 heteroatoms. The molecule has 0 amide bonds. The Hall–Kier alpha value is -0.530. The Morgan fingerprint density at radius 3 is 1.91 bits per heavy atom. The van der Waals surface area contributed by atoms with E-state index < -0.39 is 0 Å². The van der Waals surface area contributed by atoms with E-state index in [9.17, 15) is 0 Å². The molecule has 1 nitrogen and oxygen atoms in total. The van der Waals surface area contributed by atoms with Gasteiger partial charge in [0, 0.05) is 5.02 Å². The Morgan fingerprint density at radius 2 is 1.57 bits per heavy atom. The van der Waals surface area contributed by atoms with Gasteiger partial charge in [-0.15, -0.1) is 0 Å². The van der Waals surface area contributed by atoms with Crippen LogP contribution in [0.4, 0.5) is 0 Å². The van der Waals surface area contributed by atoms with E-state index >= 15 is 0 Å². The minimum absolute atomic E-state index is 0.369. The maximum absolute atomic E-state index is 6.03. The molecule has 132 valence electrons. The predicted molar refractivity (Wildman–Crippen MR) is 104 cm³/mol. The summed E-state index contributed by atoms with van der Waals surface area (Å²) < 4.78 is 0. The maximum atomic E-state index is 6.03. The molecular weight excluding hydrogens is 302 g/mol. The molecule has 1 fully saturated rings. The van der Waals surface area contributed by atoms with E-state index in [-0.39, 0.29) is 0 Å². The fraction of sp³-hybridized carbons (Fsp3) is 0.714. The van der Waals surface area contributed by atoms with Gasteiger partial charge in [0.25, 0.3) is 0 Å². The van der Waals surface area contributed by atoms with Gasteiger partial charge >= 0.3 is 0 Å². The number of rotatable bonds is 6. The molecule has 0 radical (unpaired) electrons. The number of benzene rings is 1. The van der Waals surface area contributed by atoms with Crippen molar-refractivity contribution in [1.82, 2.24) is 0 Å². The molecule has 0 saturated heterocycles. The highest BCUT2D eigenvalue weighted by Gasteiger charge is 2.44. The lowest BCUT2D eigenvalue weighted by Gasteiger charge is -2.49. The van der Waals surface area contributed by atoms with E-state index in [1.807, 2.05) is 12.1 Å². The van der Waals surface area contributed by atoms with Crippen molar-refractivity contribution in [2.45, 2.75) is 72.1 Å². The molecule has 0 spiro atoms. The van der Waals surface area contributed by atoms with Crippen LogP contribution in [0.15, 0.2) is 24.3 Å². The minimum atomic E-state index is 0.369. The molecule has 0 heterocycles. The molecule has 1 atom stereocenters. The van der Waals surface area contributed by atoms with E-state index in [1.165, 1.54) is 31.2 Å². The third kappa shape index (κ3) is 6.12. The first kappa shape index (κ1) is 20.5. The molecule has 1 aliphatic carbocycles. The highest BCUT2D eigenvalue weighted by molar-refractivity contribution is 6.30. The van der Waals surface area contributed by atoms with Crippen molar-refractivity contribution in [2.75, 3.05) is 6.54 Å². The normalized spacial score (nSPS) is 17.4. The molecule has 2 rings (SSSR count). The number of nitrogens with two attached hydrogens (primary N) is 1. The molecule has 1 aromatic rings. The fourth-order valence-electron chi connectivity index (χ4n) is 3.66. The summed E-state index contributed by atoms with van der Waals surface area (Å²) in [5.41, 5.74) is 7.71. The average Bonchev–Trinajstić information content (AvgIpc) is 2.38. The predicted octanol–water partition coefficient (Wildman–Crippen LogP) is 6.44. The van der Waals surface area contributed by atoms with Gasteiger partial charge in [-0.2, -0.15) is 0 Å². The van der Waals surface area contributed by atoms with Gasteiger partial charge in [-0.25, -0.2) is 0 Å². The van der Waals surface area contributed by atoms with Crippen molar-refractivity contribution in [1.29, 1.82) is 0 Å². The summed E-state index contributed by atoms with van der Waals surface area (Å²) in [6, 6.07) is 8.52. The first-order chi connectivity index (χ1) is 10.8. The van der Waals surface area contributed by atoms with Gasteiger partial charge in [-0.05, 0) is 73.1 Å². The Morgan fingerprint density at radius 1 is 1.04 bits per heavy atom. The quantitative estimate of drug-likeness (QED) is 0.635. The fourth-order valence-corrected chi connectivity index (χ4v) is 3.79. The largest absolute Gasteiger partial charge is 0.330 e. The summed E-state index contributed by atoms with van der Waals surface area (Å²) in [4.78, 5) is 0. The first-order valence-electron chi connectivity index (χ1n) is 9.28. The summed E-state index contributed by atoms with van der Waals surface area (Å²) in [6.07, 6.45) is 6.39. The number of hydrogen-bond donors (Lipinski definition) is 1.